The van der Waals surface area contributed by atoms with Crippen molar-refractivity contribution in [2.45, 2.75) is 33.7 Å². The Balaban J connectivity index is 1.98. The molecule has 0 bridgehead atoms. The highest BCUT2D eigenvalue weighted by Crippen LogP contribution is 2.23. The lowest BCUT2D eigenvalue weighted by atomic mass is 10.0. The molecule has 2 aromatic carbocycles. The fourth-order valence-corrected chi connectivity index (χ4v) is 3.89. The molecule has 0 atom stereocenters. The van der Waals surface area contributed by atoms with Crippen molar-refractivity contribution >= 4 is 33.1 Å². The standard InChI is InChI=1S/C19H19N3O3S/c1-4-21-16-11-15(22(24)25)7-8-17(16)26-19(21)20-18(23)10-14-6-5-12(2)13(3)9-14/h5-9,11H,4,10H2,1-3H3. The first-order valence-corrected chi connectivity index (χ1v) is 9.12. The number of carbonyl (C=O) groups excluding carboxylic acids is 1. The van der Waals surface area contributed by atoms with Crippen LogP contribution in [0.3, 0.4) is 0 Å². The maximum absolute atomic E-state index is 12.4. The van der Waals surface area contributed by atoms with E-state index in [0.717, 1.165) is 21.3 Å². The van der Waals surface area contributed by atoms with Gasteiger partial charge in [-0.05, 0) is 43.5 Å². The van der Waals surface area contributed by atoms with Crippen LogP contribution in [-0.4, -0.2) is 15.4 Å². The summed E-state index contributed by atoms with van der Waals surface area (Å²) in [5.41, 5.74) is 4.03. The maximum atomic E-state index is 12.4. The molecule has 0 saturated carbocycles. The second-order valence-electron chi connectivity index (χ2n) is 6.14. The summed E-state index contributed by atoms with van der Waals surface area (Å²) in [6.07, 6.45) is 0.235. The van der Waals surface area contributed by atoms with Crippen LogP contribution in [0.1, 0.15) is 23.6 Å². The Morgan fingerprint density at radius 1 is 1.19 bits per heavy atom. The lowest BCUT2D eigenvalue weighted by Gasteiger charge is -2.03. The van der Waals surface area contributed by atoms with Gasteiger partial charge in [0.25, 0.3) is 11.6 Å². The predicted octanol–water partition coefficient (Wildman–Crippen LogP) is 3.92. The summed E-state index contributed by atoms with van der Waals surface area (Å²) >= 11 is 1.37. The van der Waals surface area contributed by atoms with Crippen molar-refractivity contribution < 1.29 is 9.72 Å². The zero-order valence-corrected chi connectivity index (χ0v) is 15.7. The number of carbonyl (C=O) groups is 1. The van der Waals surface area contributed by atoms with E-state index < -0.39 is 4.92 Å². The molecule has 0 aliphatic rings. The van der Waals surface area contributed by atoms with Crippen LogP contribution >= 0.6 is 11.3 Å². The molecule has 7 heteroatoms. The summed E-state index contributed by atoms with van der Waals surface area (Å²) in [4.78, 5) is 27.8. The van der Waals surface area contributed by atoms with Gasteiger partial charge in [0.2, 0.25) is 0 Å². The minimum atomic E-state index is -0.418. The molecule has 1 amide bonds. The van der Waals surface area contributed by atoms with Crippen molar-refractivity contribution in [3.8, 4) is 0 Å². The Kier molecular flexibility index (Phi) is 4.99. The van der Waals surface area contributed by atoms with Crippen LogP contribution in [0.5, 0.6) is 0 Å². The molecule has 0 N–H and O–H groups in total. The summed E-state index contributed by atoms with van der Waals surface area (Å²) in [6, 6.07) is 10.7. The number of hydrogen-bond acceptors (Lipinski definition) is 4. The van der Waals surface area contributed by atoms with Crippen LogP contribution in [0.15, 0.2) is 41.4 Å². The van der Waals surface area contributed by atoms with Gasteiger partial charge in [-0.2, -0.15) is 4.99 Å². The Morgan fingerprint density at radius 3 is 2.62 bits per heavy atom. The van der Waals surface area contributed by atoms with Gasteiger partial charge < -0.3 is 4.57 Å². The van der Waals surface area contributed by atoms with Crippen molar-refractivity contribution in [1.82, 2.24) is 4.57 Å². The van der Waals surface area contributed by atoms with Gasteiger partial charge in [-0.3, -0.25) is 14.9 Å². The summed E-state index contributed by atoms with van der Waals surface area (Å²) < 4.78 is 2.71. The van der Waals surface area contributed by atoms with E-state index in [1.807, 2.05) is 43.5 Å². The molecule has 0 fully saturated rings. The van der Waals surface area contributed by atoms with Gasteiger partial charge in [-0.1, -0.05) is 29.5 Å². The molecular weight excluding hydrogens is 350 g/mol. The van der Waals surface area contributed by atoms with E-state index in [4.69, 9.17) is 0 Å². The van der Waals surface area contributed by atoms with Crippen molar-refractivity contribution in [2.24, 2.45) is 4.99 Å². The highest BCUT2D eigenvalue weighted by molar-refractivity contribution is 7.16. The van der Waals surface area contributed by atoms with Gasteiger partial charge in [0.05, 0.1) is 21.6 Å². The topological polar surface area (TPSA) is 77.5 Å². The van der Waals surface area contributed by atoms with Gasteiger partial charge in [0.1, 0.15) is 0 Å². The normalized spacial score (nSPS) is 11.9. The van der Waals surface area contributed by atoms with E-state index in [2.05, 4.69) is 4.99 Å². The number of aryl methyl sites for hydroxylation is 3. The third-order valence-corrected chi connectivity index (χ3v) is 5.40. The number of aromatic nitrogens is 1. The molecule has 6 nitrogen and oxygen atoms in total. The van der Waals surface area contributed by atoms with Gasteiger partial charge in [0.15, 0.2) is 4.80 Å². The van der Waals surface area contributed by atoms with Gasteiger partial charge in [0, 0.05) is 18.7 Å². The first-order valence-electron chi connectivity index (χ1n) is 8.30. The lowest BCUT2D eigenvalue weighted by Crippen LogP contribution is -2.16. The van der Waals surface area contributed by atoms with Crippen LogP contribution in [0.25, 0.3) is 10.2 Å². The molecule has 0 aliphatic heterocycles. The fourth-order valence-electron chi connectivity index (χ4n) is 2.80. The second kappa shape index (κ2) is 7.21. The third kappa shape index (κ3) is 3.57. The maximum Gasteiger partial charge on any atom is 0.271 e. The van der Waals surface area contributed by atoms with Gasteiger partial charge >= 0.3 is 0 Å². The molecule has 3 aromatic rings. The average Bonchev–Trinajstić information content (AvgIpc) is 2.93. The smallest absolute Gasteiger partial charge is 0.271 e. The molecule has 134 valence electrons. The Labute approximate surface area is 154 Å². The number of amides is 1. The van der Waals surface area contributed by atoms with Crippen LogP contribution in [0, 0.1) is 24.0 Å². The molecule has 0 saturated heterocycles. The molecule has 1 heterocycles. The Morgan fingerprint density at radius 2 is 1.96 bits per heavy atom. The number of benzene rings is 2. The zero-order valence-electron chi connectivity index (χ0n) is 14.9. The summed E-state index contributed by atoms with van der Waals surface area (Å²) in [5.74, 6) is -0.225. The van der Waals surface area contributed by atoms with Crippen molar-refractivity contribution in [2.75, 3.05) is 0 Å². The number of rotatable bonds is 4. The van der Waals surface area contributed by atoms with E-state index in [0.29, 0.717) is 11.3 Å². The highest BCUT2D eigenvalue weighted by Gasteiger charge is 2.12. The zero-order chi connectivity index (χ0) is 18.8. The summed E-state index contributed by atoms with van der Waals surface area (Å²) in [7, 11) is 0. The number of nitro groups is 1. The minimum absolute atomic E-state index is 0.0329. The average molecular weight is 369 g/mol. The molecule has 0 aliphatic carbocycles. The molecular formula is C19H19N3O3S. The highest BCUT2D eigenvalue weighted by atomic mass is 32.1. The molecule has 0 spiro atoms. The number of hydrogen-bond donors (Lipinski definition) is 0. The minimum Gasteiger partial charge on any atom is -0.316 e. The van der Waals surface area contributed by atoms with E-state index in [-0.39, 0.29) is 18.0 Å². The molecule has 3 rings (SSSR count). The predicted molar refractivity (Wildman–Crippen MR) is 102 cm³/mol. The number of thiazole rings is 1. The molecule has 0 radical (unpaired) electrons. The number of nitrogens with zero attached hydrogens (tertiary/aromatic N) is 3. The monoisotopic (exact) mass is 369 g/mol. The van der Waals surface area contributed by atoms with Crippen molar-refractivity contribution in [3.05, 3.63) is 68.0 Å². The van der Waals surface area contributed by atoms with Crippen LogP contribution in [0.2, 0.25) is 0 Å². The third-order valence-electron chi connectivity index (χ3n) is 4.34. The first kappa shape index (κ1) is 18.0. The van der Waals surface area contributed by atoms with Gasteiger partial charge in [-0.25, -0.2) is 0 Å². The van der Waals surface area contributed by atoms with Gasteiger partial charge in [-0.15, -0.1) is 0 Å². The van der Waals surface area contributed by atoms with E-state index in [1.165, 1.54) is 29.0 Å². The number of fused-ring (bicyclic) bond motifs is 1. The van der Waals surface area contributed by atoms with Crippen LogP contribution in [0.4, 0.5) is 5.69 Å². The van der Waals surface area contributed by atoms with E-state index >= 15 is 0 Å². The molecule has 26 heavy (non-hydrogen) atoms. The van der Waals surface area contributed by atoms with Crippen LogP contribution < -0.4 is 4.80 Å². The lowest BCUT2D eigenvalue weighted by molar-refractivity contribution is -0.384. The fraction of sp³-hybridized carbons (Fsp3) is 0.263. The second-order valence-corrected chi connectivity index (χ2v) is 7.15. The Bertz CT molecular complexity index is 1080. The van der Waals surface area contributed by atoms with E-state index in [1.54, 1.807) is 6.07 Å². The largest absolute Gasteiger partial charge is 0.316 e. The SMILES string of the molecule is CCn1c(=NC(=O)Cc2ccc(C)c(C)c2)sc2ccc([N+](=O)[O-])cc21. The Hall–Kier alpha value is -2.80. The molecule has 1 aromatic heterocycles. The quantitative estimate of drug-likeness (QED) is 0.516. The number of nitro benzene ring substituents is 1. The van der Waals surface area contributed by atoms with E-state index in [9.17, 15) is 14.9 Å². The van der Waals surface area contributed by atoms with Crippen molar-refractivity contribution in [1.29, 1.82) is 0 Å². The summed E-state index contributed by atoms with van der Waals surface area (Å²) in [6.45, 7) is 6.56. The number of non-ortho nitro benzene ring substituents is 1. The molecule has 0 unspecified atom stereocenters. The summed E-state index contributed by atoms with van der Waals surface area (Å²) in [5, 5.41) is 11.0. The first-order chi connectivity index (χ1) is 12.4. The van der Waals surface area contributed by atoms with Crippen LogP contribution in [-0.2, 0) is 17.8 Å². The van der Waals surface area contributed by atoms with Crippen molar-refractivity contribution in [3.63, 3.8) is 0 Å².